The van der Waals surface area contributed by atoms with E-state index in [4.69, 9.17) is 85.9 Å². The minimum atomic E-state index is -2.15. The number of ether oxygens (including phenoxy) is 1. The Bertz CT molecular complexity index is 498. The molecule has 0 unspecified atom stereocenters. The normalized spacial score (nSPS) is 11.6. The summed E-state index contributed by atoms with van der Waals surface area (Å²) >= 11 is 41.4. The van der Waals surface area contributed by atoms with E-state index in [2.05, 4.69) is 0 Å². The molecule has 0 aliphatic rings. The summed E-state index contributed by atoms with van der Waals surface area (Å²) in [6, 6.07) is 0. The highest BCUT2D eigenvalue weighted by Gasteiger charge is 2.43. The lowest BCUT2D eigenvalue weighted by Gasteiger charge is -2.22. The third kappa shape index (κ3) is 3.32. The Morgan fingerprint density at radius 2 is 1.32 bits per heavy atom. The molecule has 0 saturated carbocycles. The number of halogens is 7. The quantitative estimate of drug-likeness (QED) is 0.261. The predicted octanol–water partition coefficient (Wildman–Crippen LogP) is 6.15. The molecule has 1 rings (SSSR count). The van der Waals surface area contributed by atoms with E-state index in [1.54, 1.807) is 6.92 Å². The molecule has 1 aromatic carbocycles. The van der Waals surface area contributed by atoms with Crippen molar-refractivity contribution in [1.29, 1.82) is 0 Å². The van der Waals surface area contributed by atoms with Crippen molar-refractivity contribution in [2.45, 2.75) is 11.3 Å². The van der Waals surface area contributed by atoms with E-state index in [1.807, 2.05) is 0 Å². The van der Waals surface area contributed by atoms with Crippen LogP contribution in [0.2, 0.25) is 25.1 Å². The second-order valence-electron chi connectivity index (χ2n) is 3.24. The number of hydrogen-bond donors (Lipinski definition) is 0. The van der Waals surface area contributed by atoms with Gasteiger partial charge in [0.05, 0.1) is 31.7 Å². The third-order valence-electron chi connectivity index (χ3n) is 2.06. The number of esters is 1. The van der Waals surface area contributed by atoms with E-state index in [-0.39, 0.29) is 37.3 Å². The molecular weight excluding hydrogens is 400 g/mol. The largest absolute Gasteiger partial charge is 0.464 e. The number of carbonyl (C=O) groups excluding carboxylic acids is 1. The van der Waals surface area contributed by atoms with E-state index in [9.17, 15) is 4.79 Å². The van der Waals surface area contributed by atoms with Gasteiger partial charge in [0.1, 0.15) is 0 Å². The Kier molecular flexibility index (Phi) is 6.22. The van der Waals surface area contributed by atoms with Crippen molar-refractivity contribution in [3.8, 4) is 0 Å². The molecule has 0 amide bonds. The highest BCUT2D eigenvalue weighted by molar-refractivity contribution is 6.61. The van der Waals surface area contributed by atoms with Gasteiger partial charge in [-0.3, -0.25) is 0 Å². The average Bonchev–Trinajstić information content (AvgIpc) is 2.34. The Morgan fingerprint density at radius 1 is 0.947 bits per heavy atom. The summed E-state index contributed by atoms with van der Waals surface area (Å²) < 4.78 is 2.59. The Balaban J connectivity index is 3.55. The van der Waals surface area contributed by atoms with Gasteiger partial charge in [-0.2, -0.15) is 0 Å². The molecule has 0 atom stereocenters. The standard InChI is InChI=1S/C10H5Cl7O2/c1-2-19-9(18)10(16,17)3-4(11)6(13)8(15)7(14)5(3)12/h2H2,1H3. The van der Waals surface area contributed by atoms with Gasteiger partial charge in [-0.15, -0.1) is 0 Å². The molecule has 0 bridgehead atoms. The first-order valence-corrected chi connectivity index (χ1v) is 7.37. The lowest BCUT2D eigenvalue weighted by atomic mass is 10.1. The summed E-state index contributed by atoms with van der Waals surface area (Å²) in [4.78, 5) is 11.8. The zero-order valence-electron chi connectivity index (χ0n) is 9.17. The Labute approximate surface area is 144 Å². The van der Waals surface area contributed by atoms with Crippen molar-refractivity contribution in [2.75, 3.05) is 6.61 Å². The second kappa shape index (κ2) is 6.65. The minimum Gasteiger partial charge on any atom is -0.464 e. The van der Waals surface area contributed by atoms with Gasteiger partial charge < -0.3 is 4.74 Å². The highest BCUT2D eigenvalue weighted by Crippen LogP contribution is 2.51. The summed E-state index contributed by atoms with van der Waals surface area (Å²) in [7, 11) is 0. The van der Waals surface area contributed by atoms with E-state index in [1.165, 1.54) is 0 Å². The van der Waals surface area contributed by atoms with Gasteiger partial charge >= 0.3 is 5.97 Å². The fraction of sp³-hybridized carbons (Fsp3) is 0.300. The maximum Gasteiger partial charge on any atom is 0.347 e. The fourth-order valence-corrected chi connectivity index (χ4v) is 3.31. The topological polar surface area (TPSA) is 26.3 Å². The SMILES string of the molecule is CCOC(=O)C(Cl)(Cl)c1c(Cl)c(Cl)c(Cl)c(Cl)c1Cl. The van der Waals surface area contributed by atoms with Crippen molar-refractivity contribution >= 4 is 87.2 Å². The Hall–Kier alpha value is 0.720. The van der Waals surface area contributed by atoms with Crippen LogP contribution in [0, 0.1) is 0 Å². The van der Waals surface area contributed by atoms with Crippen LogP contribution in [0.15, 0.2) is 0 Å². The molecule has 0 aromatic heterocycles. The van der Waals surface area contributed by atoms with Crippen LogP contribution in [0.5, 0.6) is 0 Å². The van der Waals surface area contributed by atoms with Crippen LogP contribution in [-0.2, 0) is 13.9 Å². The first kappa shape index (κ1) is 17.8. The van der Waals surface area contributed by atoms with E-state index >= 15 is 0 Å². The van der Waals surface area contributed by atoms with Gasteiger partial charge in [-0.25, -0.2) is 4.79 Å². The first-order chi connectivity index (χ1) is 8.66. The smallest absolute Gasteiger partial charge is 0.347 e. The van der Waals surface area contributed by atoms with Crippen molar-refractivity contribution in [3.63, 3.8) is 0 Å². The van der Waals surface area contributed by atoms with Gasteiger partial charge in [-0.05, 0) is 6.92 Å². The lowest BCUT2D eigenvalue weighted by Crippen LogP contribution is -2.27. The minimum absolute atomic E-state index is 0.0601. The van der Waals surface area contributed by atoms with E-state index < -0.39 is 10.3 Å². The summed E-state index contributed by atoms with van der Waals surface area (Å²) in [5.74, 6) is -0.948. The molecule has 2 nitrogen and oxygen atoms in total. The monoisotopic (exact) mass is 402 g/mol. The molecule has 0 aliphatic heterocycles. The molecule has 0 saturated heterocycles. The molecule has 0 heterocycles. The molecule has 1 aromatic rings. The summed E-state index contributed by atoms with van der Waals surface area (Å²) in [6.07, 6.45) is 0. The summed E-state index contributed by atoms with van der Waals surface area (Å²) in [5, 5.41) is -0.612. The van der Waals surface area contributed by atoms with Crippen LogP contribution in [0.25, 0.3) is 0 Å². The molecule has 0 N–H and O–H groups in total. The van der Waals surface area contributed by atoms with E-state index in [0.717, 1.165) is 0 Å². The summed E-state index contributed by atoms with van der Waals surface area (Å²) in [6.45, 7) is 1.66. The van der Waals surface area contributed by atoms with Crippen LogP contribution in [0.1, 0.15) is 12.5 Å². The van der Waals surface area contributed by atoms with Gasteiger partial charge in [0.25, 0.3) is 0 Å². The lowest BCUT2D eigenvalue weighted by molar-refractivity contribution is -0.144. The molecule has 0 radical (unpaired) electrons. The molecule has 106 valence electrons. The van der Waals surface area contributed by atoms with Gasteiger partial charge in [0.2, 0.25) is 4.33 Å². The number of rotatable bonds is 3. The van der Waals surface area contributed by atoms with Crippen molar-refractivity contribution in [2.24, 2.45) is 0 Å². The van der Waals surface area contributed by atoms with Crippen LogP contribution >= 0.6 is 81.2 Å². The molecule has 0 spiro atoms. The van der Waals surface area contributed by atoms with E-state index in [0.29, 0.717) is 0 Å². The Morgan fingerprint density at radius 3 is 1.68 bits per heavy atom. The zero-order valence-corrected chi connectivity index (χ0v) is 14.5. The maximum absolute atomic E-state index is 11.8. The predicted molar refractivity (Wildman–Crippen MR) is 81.5 cm³/mol. The zero-order chi connectivity index (χ0) is 15.0. The number of alkyl halides is 2. The van der Waals surface area contributed by atoms with Crippen molar-refractivity contribution in [3.05, 3.63) is 30.7 Å². The maximum atomic E-state index is 11.8. The molecule has 0 aliphatic carbocycles. The second-order valence-corrected chi connectivity index (χ2v) is 6.46. The average molecular weight is 405 g/mol. The highest BCUT2D eigenvalue weighted by atomic mass is 35.5. The molecular formula is C10H5Cl7O2. The van der Waals surface area contributed by atoms with Crippen molar-refractivity contribution in [1.82, 2.24) is 0 Å². The van der Waals surface area contributed by atoms with Crippen LogP contribution in [0.4, 0.5) is 0 Å². The van der Waals surface area contributed by atoms with Crippen LogP contribution in [0.3, 0.4) is 0 Å². The van der Waals surface area contributed by atoms with Crippen LogP contribution in [-0.4, -0.2) is 12.6 Å². The molecule has 19 heavy (non-hydrogen) atoms. The van der Waals surface area contributed by atoms with Gasteiger partial charge in [0.15, 0.2) is 0 Å². The molecule has 0 fully saturated rings. The van der Waals surface area contributed by atoms with Gasteiger partial charge in [-0.1, -0.05) is 81.2 Å². The first-order valence-electron chi connectivity index (χ1n) is 4.73. The van der Waals surface area contributed by atoms with Crippen molar-refractivity contribution < 1.29 is 9.53 Å². The molecule has 9 heteroatoms. The third-order valence-corrected chi connectivity index (χ3v) is 5.02. The fourth-order valence-electron chi connectivity index (χ4n) is 1.20. The summed E-state index contributed by atoms with van der Waals surface area (Å²) in [5.41, 5.74) is -0.169. The van der Waals surface area contributed by atoms with Gasteiger partial charge in [0, 0.05) is 5.56 Å². The number of hydrogen-bond acceptors (Lipinski definition) is 2. The number of benzene rings is 1. The van der Waals surface area contributed by atoms with Crippen LogP contribution < -0.4 is 0 Å². The number of carbonyl (C=O) groups is 1.